The Kier molecular flexibility index (Phi) is 2.18. The molecular weight excluding hydrogens is 144 g/mol. The molecule has 1 fully saturated rings. The second kappa shape index (κ2) is 2.81. The minimum Gasteiger partial charge on any atom is -0.481 e. The summed E-state index contributed by atoms with van der Waals surface area (Å²) in [5.41, 5.74) is -0.726. The number of carboxylic acids is 1. The van der Waals surface area contributed by atoms with Gasteiger partial charge in [-0.15, -0.1) is 0 Å². The van der Waals surface area contributed by atoms with Crippen LogP contribution in [-0.2, 0) is 9.53 Å². The lowest BCUT2D eigenvalue weighted by Crippen LogP contribution is -2.36. The number of hydrogen-bond donors (Lipinski definition) is 1. The molecule has 1 N–H and O–H groups in total. The van der Waals surface area contributed by atoms with E-state index >= 15 is 0 Å². The summed E-state index contributed by atoms with van der Waals surface area (Å²) in [5.74, 6) is -0.774. The predicted octanol–water partition coefficient (Wildman–Crippen LogP) is 1.28. The third-order valence-electron chi connectivity index (χ3n) is 2.29. The Morgan fingerprint density at radius 1 is 1.64 bits per heavy atom. The summed E-state index contributed by atoms with van der Waals surface area (Å²) in [6.45, 7) is 4.14. The van der Waals surface area contributed by atoms with Gasteiger partial charge >= 0.3 is 5.97 Å². The number of carbonyl (C=O) groups is 1. The molecule has 0 amide bonds. The summed E-state index contributed by atoms with van der Waals surface area (Å²) in [5, 5.41) is 8.82. The Hall–Kier alpha value is -0.570. The summed E-state index contributed by atoms with van der Waals surface area (Å²) >= 11 is 0. The van der Waals surface area contributed by atoms with Crippen molar-refractivity contribution in [1.29, 1.82) is 0 Å². The number of rotatable bonds is 2. The van der Waals surface area contributed by atoms with Gasteiger partial charge in [-0.1, -0.05) is 0 Å². The van der Waals surface area contributed by atoms with E-state index in [1.807, 2.05) is 0 Å². The van der Waals surface area contributed by atoms with Crippen LogP contribution in [0.1, 0.15) is 26.7 Å². The predicted molar refractivity (Wildman–Crippen MR) is 40.4 cm³/mol. The molecule has 11 heavy (non-hydrogen) atoms. The van der Waals surface area contributed by atoms with Gasteiger partial charge in [-0.25, -0.2) is 0 Å². The maximum absolute atomic E-state index is 10.7. The van der Waals surface area contributed by atoms with Gasteiger partial charge in [0.15, 0.2) is 0 Å². The average molecular weight is 158 g/mol. The number of carboxylic acid groups (broad SMARTS) is 1. The van der Waals surface area contributed by atoms with Crippen molar-refractivity contribution in [2.75, 3.05) is 6.61 Å². The van der Waals surface area contributed by atoms with Gasteiger partial charge in [0, 0.05) is 6.61 Å². The Balaban J connectivity index is 2.62. The van der Waals surface area contributed by atoms with Gasteiger partial charge in [0.2, 0.25) is 0 Å². The molecule has 1 saturated heterocycles. The fourth-order valence-corrected chi connectivity index (χ4v) is 1.28. The van der Waals surface area contributed by atoms with Crippen LogP contribution in [0.15, 0.2) is 0 Å². The molecule has 3 heteroatoms. The van der Waals surface area contributed by atoms with Gasteiger partial charge in [0.1, 0.15) is 0 Å². The molecule has 3 nitrogen and oxygen atoms in total. The first-order valence-electron chi connectivity index (χ1n) is 3.90. The Labute approximate surface area is 66.4 Å². The topological polar surface area (TPSA) is 46.5 Å². The highest BCUT2D eigenvalue weighted by Gasteiger charge is 2.39. The fourth-order valence-electron chi connectivity index (χ4n) is 1.28. The molecule has 1 rings (SSSR count). The largest absolute Gasteiger partial charge is 0.481 e. The van der Waals surface area contributed by atoms with Crippen LogP contribution >= 0.6 is 0 Å². The van der Waals surface area contributed by atoms with Crippen LogP contribution in [0.25, 0.3) is 0 Å². The number of hydrogen-bond acceptors (Lipinski definition) is 2. The average Bonchev–Trinajstić information content (AvgIpc) is 2.37. The lowest BCUT2D eigenvalue weighted by Gasteiger charge is -2.25. The highest BCUT2D eigenvalue weighted by molar-refractivity contribution is 5.74. The standard InChI is InChI=1S/C8H14O3/c1-8(2,7(9)10)6-4-3-5-11-6/h6H,3-5H2,1-2H3,(H,9,10). The van der Waals surface area contributed by atoms with Crippen molar-refractivity contribution < 1.29 is 14.6 Å². The van der Waals surface area contributed by atoms with E-state index in [1.165, 1.54) is 0 Å². The minimum absolute atomic E-state index is 0.0972. The Morgan fingerprint density at radius 3 is 2.64 bits per heavy atom. The maximum Gasteiger partial charge on any atom is 0.311 e. The van der Waals surface area contributed by atoms with Gasteiger partial charge in [0.05, 0.1) is 11.5 Å². The van der Waals surface area contributed by atoms with Crippen molar-refractivity contribution in [2.24, 2.45) is 5.41 Å². The van der Waals surface area contributed by atoms with E-state index in [-0.39, 0.29) is 6.10 Å². The molecule has 1 atom stereocenters. The molecule has 0 aliphatic carbocycles. The first-order valence-corrected chi connectivity index (χ1v) is 3.90. The SMILES string of the molecule is CC(C)(C(=O)O)C1CCCO1. The van der Waals surface area contributed by atoms with Crippen molar-refractivity contribution in [3.8, 4) is 0 Å². The second-order valence-electron chi connectivity index (χ2n) is 3.53. The Morgan fingerprint density at radius 2 is 2.27 bits per heavy atom. The normalized spacial score (nSPS) is 25.5. The van der Waals surface area contributed by atoms with Gasteiger partial charge in [-0.3, -0.25) is 4.79 Å². The van der Waals surface area contributed by atoms with E-state index in [2.05, 4.69) is 0 Å². The molecule has 0 spiro atoms. The van der Waals surface area contributed by atoms with Crippen molar-refractivity contribution in [2.45, 2.75) is 32.8 Å². The zero-order valence-electron chi connectivity index (χ0n) is 6.96. The molecule has 0 radical (unpaired) electrons. The van der Waals surface area contributed by atoms with E-state index in [0.29, 0.717) is 6.61 Å². The summed E-state index contributed by atoms with van der Waals surface area (Å²) in [6, 6.07) is 0. The maximum atomic E-state index is 10.7. The van der Waals surface area contributed by atoms with E-state index in [4.69, 9.17) is 9.84 Å². The molecule has 1 aliphatic rings. The quantitative estimate of drug-likeness (QED) is 0.658. The first-order chi connectivity index (χ1) is 5.05. The number of ether oxygens (including phenoxy) is 1. The van der Waals surface area contributed by atoms with Crippen molar-refractivity contribution in [3.63, 3.8) is 0 Å². The molecule has 1 aliphatic heterocycles. The third-order valence-corrected chi connectivity index (χ3v) is 2.29. The first kappa shape index (κ1) is 8.53. The Bertz CT molecular complexity index is 157. The van der Waals surface area contributed by atoms with Crippen LogP contribution in [-0.4, -0.2) is 23.8 Å². The molecule has 0 aromatic heterocycles. The van der Waals surface area contributed by atoms with Crippen molar-refractivity contribution in [3.05, 3.63) is 0 Å². The summed E-state index contributed by atoms with van der Waals surface area (Å²) < 4.78 is 5.30. The molecule has 0 bridgehead atoms. The van der Waals surface area contributed by atoms with Crippen molar-refractivity contribution in [1.82, 2.24) is 0 Å². The zero-order valence-corrected chi connectivity index (χ0v) is 6.96. The van der Waals surface area contributed by atoms with E-state index in [0.717, 1.165) is 12.8 Å². The lowest BCUT2D eigenvalue weighted by molar-refractivity contribution is -0.154. The molecule has 1 unspecified atom stereocenters. The highest BCUT2D eigenvalue weighted by atomic mass is 16.5. The molecule has 64 valence electrons. The minimum atomic E-state index is -0.774. The summed E-state index contributed by atoms with van der Waals surface area (Å²) in [4.78, 5) is 10.7. The molecular formula is C8H14O3. The third kappa shape index (κ3) is 1.53. The number of aliphatic carboxylic acids is 1. The summed E-state index contributed by atoms with van der Waals surface area (Å²) in [6.07, 6.45) is 1.76. The van der Waals surface area contributed by atoms with Gasteiger partial charge < -0.3 is 9.84 Å². The molecule has 0 saturated carbocycles. The van der Waals surface area contributed by atoms with Crippen LogP contribution in [0.2, 0.25) is 0 Å². The smallest absolute Gasteiger partial charge is 0.311 e. The second-order valence-corrected chi connectivity index (χ2v) is 3.53. The van der Waals surface area contributed by atoms with Crippen LogP contribution in [0.3, 0.4) is 0 Å². The van der Waals surface area contributed by atoms with Crippen LogP contribution in [0.5, 0.6) is 0 Å². The van der Waals surface area contributed by atoms with Gasteiger partial charge in [0.25, 0.3) is 0 Å². The van der Waals surface area contributed by atoms with Gasteiger partial charge in [-0.2, -0.15) is 0 Å². The van der Waals surface area contributed by atoms with Crippen LogP contribution < -0.4 is 0 Å². The lowest BCUT2D eigenvalue weighted by atomic mass is 9.85. The van der Waals surface area contributed by atoms with E-state index in [9.17, 15) is 4.79 Å². The fraction of sp³-hybridized carbons (Fsp3) is 0.875. The van der Waals surface area contributed by atoms with Crippen LogP contribution in [0, 0.1) is 5.41 Å². The van der Waals surface area contributed by atoms with Crippen molar-refractivity contribution >= 4 is 5.97 Å². The molecule has 1 heterocycles. The molecule has 0 aromatic carbocycles. The summed E-state index contributed by atoms with van der Waals surface area (Å²) in [7, 11) is 0. The van der Waals surface area contributed by atoms with E-state index < -0.39 is 11.4 Å². The van der Waals surface area contributed by atoms with Gasteiger partial charge in [-0.05, 0) is 26.7 Å². The monoisotopic (exact) mass is 158 g/mol. The van der Waals surface area contributed by atoms with Crippen LogP contribution in [0.4, 0.5) is 0 Å². The molecule has 0 aromatic rings. The van der Waals surface area contributed by atoms with E-state index in [1.54, 1.807) is 13.8 Å². The zero-order chi connectivity index (χ0) is 8.48. The highest BCUT2D eigenvalue weighted by Crippen LogP contribution is 2.30.